The first-order valence-corrected chi connectivity index (χ1v) is 12.5. The molecular formula is C20H42NO7P. The summed E-state index contributed by atoms with van der Waals surface area (Å²) in [7, 11) is -4.73. The highest BCUT2D eigenvalue weighted by atomic mass is 31.2. The summed E-state index contributed by atoms with van der Waals surface area (Å²) in [6, 6.07) is -1.09. The van der Waals surface area contributed by atoms with Crippen LogP contribution in [0.5, 0.6) is 0 Å². The second kappa shape index (κ2) is 17.2. The monoisotopic (exact) mass is 439 g/mol. The van der Waals surface area contributed by atoms with Gasteiger partial charge >= 0.3 is 7.82 Å². The highest BCUT2D eigenvalue weighted by Gasteiger charge is 2.29. The van der Waals surface area contributed by atoms with Gasteiger partial charge in [-0.2, -0.15) is 0 Å². The molecule has 0 heterocycles. The largest absolute Gasteiger partial charge is 0.469 e. The van der Waals surface area contributed by atoms with E-state index in [2.05, 4.69) is 16.8 Å². The number of nitrogens with one attached hydrogen (secondary N) is 1. The van der Waals surface area contributed by atoms with Crippen molar-refractivity contribution in [3.8, 4) is 0 Å². The Bertz CT molecular complexity index is 458. The minimum absolute atomic E-state index is 0.352. The summed E-state index contributed by atoms with van der Waals surface area (Å²) in [6.07, 6.45) is 12.2. The Morgan fingerprint density at radius 3 is 1.76 bits per heavy atom. The van der Waals surface area contributed by atoms with Crippen LogP contribution in [0.15, 0.2) is 0 Å². The molecule has 29 heavy (non-hydrogen) atoms. The predicted molar refractivity (Wildman–Crippen MR) is 113 cm³/mol. The Kier molecular flexibility index (Phi) is 16.9. The molecule has 0 rings (SSSR count). The molecule has 0 radical (unpaired) electrons. The van der Waals surface area contributed by atoms with Crippen molar-refractivity contribution in [1.29, 1.82) is 0 Å². The highest BCUT2D eigenvalue weighted by Crippen LogP contribution is 2.36. The normalized spacial score (nSPS) is 15.1. The number of phosphoric ester groups is 1. The van der Waals surface area contributed by atoms with Crippen molar-refractivity contribution in [1.82, 2.24) is 5.32 Å². The van der Waals surface area contributed by atoms with Crippen molar-refractivity contribution >= 4 is 13.7 Å². The van der Waals surface area contributed by atoms with E-state index in [1.54, 1.807) is 0 Å². The fourth-order valence-electron chi connectivity index (χ4n) is 3.30. The predicted octanol–water partition coefficient (Wildman–Crippen LogP) is 3.41. The fraction of sp³-hybridized carbons (Fsp3) is 0.950. The van der Waals surface area contributed by atoms with Crippen LogP contribution in [0.2, 0.25) is 0 Å². The van der Waals surface area contributed by atoms with Gasteiger partial charge in [0, 0.05) is 6.92 Å². The van der Waals surface area contributed by atoms with E-state index in [1.807, 2.05) is 0 Å². The Balaban J connectivity index is 3.90. The van der Waals surface area contributed by atoms with E-state index in [9.17, 15) is 19.6 Å². The van der Waals surface area contributed by atoms with E-state index < -0.39 is 38.6 Å². The van der Waals surface area contributed by atoms with Gasteiger partial charge in [-0.15, -0.1) is 0 Å². The molecule has 0 saturated carbocycles. The maximum atomic E-state index is 11.2. The standard InChI is InChI=1S/C20H42NO7P/c1-3-4-5-6-7-8-9-10-11-12-13-14-15-19(23)20(24)18(21-17(2)22)16-28-29(25,26)27/h18-20,23-24H,3-16H2,1-2H3,(H,21,22)(H2,25,26,27). The fourth-order valence-corrected chi connectivity index (χ4v) is 3.65. The molecule has 0 bridgehead atoms. The van der Waals surface area contributed by atoms with Gasteiger partial charge in [0.2, 0.25) is 5.91 Å². The van der Waals surface area contributed by atoms with Gasteiger partial charge < -0.3 is 25.3 Å². The molecule has 0 aromatic heterocycles. The van der Waals surface area contributed by atoms with Crippen molar-refractivity contribution in [2.45, 2.75) is 116 Å². The van der Waals surface area contributed by atoms with Gasteiger partial charge in [0.1, 0.15) is 6.10 Å². The summed E-state index contributed by atoms with van der Waals surface area (Å²) in [6.45, 7) is 2.86. The SMILES string of the molecule is CCCCCCCCCCCCCCC(O)C(O)C(COP(=O)(O)O)NC(C)=O. The highest BCUT2D eigenvalue weighted by molar-refractivity contribution is 7.46. The summed E-state index contributed by atoms with van der Waals surface area (Å²) in [5, 5.41) is 22.7. The van der Waals surface area contributed by atoms with Crippen LogP contribution in [-0.2, 0) is 13.9 Å². The van der Waals surface area contributed by atoms with Crippen LogP contribution in [0.3, 0.4) is 0 Å². The van der Waals surface area contributed by atoms with Crippen LogP contribution >= 0.6 is 7.82 Å². The molecule has 174 valence electrons. The average molecular weight is 440 g/mol. The summed E-state index contributed by atoms with van der Waals surface area (Å²) < 4.78 is 15.2. The molecule has 1 amide bonds. The molecule has 3 atom stereocenters. The number of aliphatic hydroxyl groups excluding tert-OH is 2. The zero-order chi connectivity index (χ0) is 22.1. The van der Waals surface area contributed by atoms with Crippen LogP contribution in [0.25, 0.3) is 0 Å². The van der Waals surface area contributed by atoms with Crippen LogP contribution in [0.1, 0.15) is 97.3 Å². The molecule has 0 spiro atoms. The molecule has 9 heteroatoms. The third-order valence-electron chi connectivity index (χ3n) is 4.97. The number of hydrogen-bond donors (Lipinski definition) is 5. The van der Waals surface area contributed by atoms with Crippen LogP contribution in [0.4, 0.5) is 0 Å². The maximum Gasteiger partial charge on any atom is 0.469 e. The third kappa shape index (κ3) is 18.0. The number of carbonyl (C=O) groups is 1. The smallest absolute Gasteiger partial charge is 0.390 e. The second-order valence-corrected chi connectivity index (χ2v) is 9.07. The lowest BCUT2D eigenvalue weighted by Crippen LogP contribution is -2.50. The third-order valence-corrected chi connectivity index (χ3v) is 5.46. The van der Waals surface area contributed by atoms with Gasteiger partial charge in [-0.25, -0.2) is 4.57 Å². The van der Waals surface area contributed by atoms with Gasteiger partial charge in [-0.3, -0.25) is 9.32 Å². The Morgan fingerprint density at radius 2 is 1.34 bits per heavy atom. The van der Waals surface area contributed by atoms with E-state index >= 15 is 0 Å². The number of amides is 1. The van der Waals surface area contributed by atoms with Crippen LogP contribution in [-0.4, -0.2) is 50.8 Å². The zero-order valence-electron chi connectivity index (χ0n) is 18.1. The number of phosphoric acid groups is 1. The van der Waals surface area contributed by atoms with Crippen LogP contribution in [0, 0.1) is 0 Å². The number of rotatable bonds is 19. The lowest BCUT2D eigenvalue weighted by Gasteiger charge is -2.27. The Labute approximate surface area is 175 Å². The summed E-state index contributed by atoms with van der Waals surface area (Å²) in [4.78, 5) is 28.8. The summed E-state index contributed by atoms with van der Waals surface area (Å²) in [5.41, 5.74) is 0. The van der Waals surface area contributed by atoms with Gasteiger partial charge in [-0.1, -0.05) is 84.0 Å². The number of unbranched alkanes of at least 4 members (excludes halogenated alkanes) is 11. The van der Waals surface area contributed by atoms with E-state index in [0.717, 1.165) is 25.7 Å². The minimum atomic E-state index is -4.73. The first-order chi connectivity index (χ1) is 13.7. The van der Waals surface area contributed by atoms with Crippen molar-refractivity contribution in [3.05, 3.63) is 0 Å². The van der Waals surface area contributed by atoms with Gasteiger partial charge in [0.25, 0.3) is 0 Å². The first kappa shape index (κ1) is 28.5. The van der Waals surface area contributed by atoms with E-state index in [4.69, 9.17) is 9.79 Å². The van der Waals surface area contributed by atoms with Gasteiger partial charge in [-0.05, 0) is 6.42 Å². The molecule has 0 aliphatic heterocycles. The van der Waals surface area contributed by atoms with Gasteiger partial charge in [0.15, 0.2) is 0 Å². The van der Waals surface area contributed by atoms with E-state index in [0.29, 0.717) is 6.42 Å². The van der Waals surface area contributed by atoms with Crippen molar-refractivity contribution < 1.29 is 33.9 Å². The Morgan fingerprint density at radius 1 is 0.897 bits per heavy atom. The molecule has 0 saturated heterocycles. The second-order valence-electron chi connectivity index (χ2n) is 7.83. The van der Waals surface area contributed by atoms with Gasteiger partial charge in [0.05, 0.1) is 18.8 Å². The maximum absolute atomic E-state index is 11.2. The molecule has 0 aromatic rings. The minimum Gasteiger partial charge on any atom is -0.390 e. The lowest BCUT2D eigenvalue weighted by atomic mass is 9.99. The van der Waals surface area contributed by atoms with E-state index in [-0.39, 0.29) is 0 Å². The van der Waals surface area contributed by atoms with Crippen molar-refractivity contribution in [2.24, 2.45) is 0 Å². The van der Waals surface area contributed by atoms with Crippen molar-refractivity contribution in [2.75, 3.05) is 6.61 Å². The molecule has 0 fully saturated rings. The molecule has 3 unspecified atom stereocenters. The molecule has 0 aliphatic rings. The quantitative estimate of drug-likeness (QED) is 0.154. The molecule has 5 N–H and O–H groups in total. The summed E-state index contributed by atoms with van der Waals surface area (Å²) in [5.74, 6) is -0.485. The molecule has 8 nitrogen and oxygen atoms in total. The first-order valence-electron chi connectivity index (χ1n) is 11.0. The topological polar surface area (TPSA) is 136 Å². The molecule has 0 aromatic carbocycles. The average Bonchev–Trinajstić information content (AvgIpc) is 2.64. The summed E-state index contributed by atoms with van der Waals surface area (Å²) >= 11 is 0. The number of aliphatic hydroxyl groups is 2. The number of hydrogen-bond acceptors (Lipinski definition) is 5. The van der Waals surface area contributed by atoms with E-state index in [1.165, 1.54) is 58.3 Å². The number of carbonyl (C=O) groups excluding carboxylic acids is 1. The van der Waals surface area contributed by atoms with Crippen LogP contribution < -0.4 is 5.32 Å². The van der Waals surface area contributed by atoms with Crippen molar-refractivity contribution in [3.63, 3.8) is 0 Å². The molecule has 0 aliphatic carbocycles. The lowest BCUT2D eigenvalue weighted by molar-refractivity contribution is -0.122. The molecular weight excluding hydrogens is 397 g/mol. The Hall–Kier alpha value is -0.500. The zero-order valence-corrected chi connectivity index (χ0v) is 19.0.